The van der Waals surface area contributed by atoms with Crippen LogP contribution in [0.1, 0.15) is 11.1 Å². The summed E-state index contributed by atoms with van der Waals surface area (Å²) < 4.78 is 18.5. The van der Waals surface area contributed by atoms with Crippen molar-refractivity contribution < 1.29 is 9.13 Å². The number of halogens is 1. The molecule has 0 amide bonds. The topological polar surface area (TPSA) is 35.0 Å². The van der Waals surface area contributed by atoms with E-state index in [0.29, 0.717) is 6.61 Å². The molecule has 1 aromatic carbocycles. The number of aryl methyl sites for hydroxylation is 1. The van der Waals surface area contributed by atoms with Gasteiger partial charge in [0.15, 0.2) is 0 Å². The fraction of sp³-hybridized carbons (Fsp3) is 0.167. The van der Waals surface area contributed by atoms with Crippen LogP contribution in [0.5, 0.6) is 6.01 Å². The van der Waals surface area contributed by atoms with E-state index < -0.39 is 5.82 Å². The SMILES string of the molecule is Cc1ccc(COc2ncc(F)c([As])n2)cc1. The van der Waals surface area contributed by atoms with Crippen molar-refractivity contribution in [3.63, 3.8) is 0 Å². The Kier molecular flexibility index (Phi) is 3.74. The predicted molar refractivity (Wildman–Crippen MR) is 62.9 cm³/mol. The fourth-order valence-electron chi connectivity index (χ4n) is 1.24. The van der Waals surface area contributed by atoms with Crippen LogP contribution < -0.4 is 9.22 Å². The van der Waals surface area contributed by atoms with Gasteiger partial charge in [0, 0.05) is 0 Å². The molecular weight excluding hydrogens is 282 g/mol. The summed E-state index contributed by atoms with van der Waals surface area (Å²) in [5.41, 5.74) is 2.22. The Morgan fingerprint density at radius 3 is 2.65 bits per heavy atom. The van der Waals surface area contributed by atoms with E-state index in [4.69, 9.17) is 4.74 Å². The predicted octanol–water partition coefficient (Wildman–Crippen LogP) is 1.30. The molecule has 0 bridgehead atoms. The van der Waals surface area contributed by atoms with Crippen molar-refractivity contribution in [2.75, 3.05) is 0 Å². The standard InChI is InChI=1S/C12H10AsFN2O/c1-8-2-4-9(5-3-8)7-17-12-15-6-10(14)11(13)16-12/h2-6H,7H2,1H3. The summed E-state index contributed by atoms with van der Waals surface area (Å²) in [6.07, 6.45) is 1.10. The molecule has 86 valence electrons. The monoisotopic (exact) mass is 292 g/mol. The number of nitrogens with zero attached hydrogens (tertiary/aromatic N) is 2. The van der Waals surface area contributed by atoms with E-state index in [-0.39, 0.29) is 10.5 Å². The normalized spacial score (nSPS) is 10.3. The van der Waals surface area contributed by atoms with Crippen molar-refractivity contribution in [3.05, 3.63) is 47.4 Å². The molecule has 0 saturated carbocycles. The molecule has 0 spiro atoms. The Bertz CT molecular complexity index is 516. The van der Waals surface area contributed by atoms with Gasteiger partial charge in [0.25, 0.3) is 0 Å². The zero-order chi connectivity index (χ0) is 12.3. The minimum atomic E-state index is -0.451. The van der Waals surface area contributed by atoms with Crippen LogP contribution in [-0.2, 0) is 6.61 Å². The Morgan fingerprint density at radius 1 is 1.29 bits per heavy atom. The number of ether oxygens (including phenoxy) is 1. The molecule has 2 rings (SSSR count). The van der Waals surface area contributed by atoms with Crippen LogP contribution >= 0.6 is 0 Å². The van der Waals surface area contributed by atoms with Crippen LogP contribution in [-0.4, -0.2) is 26.8 Å². The summed E-state index contributed by atoms with van der Waals surface area (Å²) in [6.45, 7) is 2.40. The molecule has 5 heteroatoms. The van der Waals surface area contributed by atoms with Crippen molar-refractivity contribution in [2.45, 2.75) is 13.5 Å². The van der Waals surface area contributed by atoms with E-state index >= 15 is 0 Å². The summed E-state index contributed by atoms with van der Waals surface area (Å²) in [4.78, 5) is 7.62. The summed E-state index contributed by atoms with van der Waals surface area (Å²) in [5.74, 6) is -0.451. The molecule has 0 aliphatic carbocycles. The van der Waals surface area contributed by atoms with Crippen LogP contribution in [0.15, 0.2) is 30.5 Å². The van der Waals surface area contributed by atoms with Crippen LogP contribution in [0, 0.1) is 12.7 Å². The van der Waals surface area contributed by atoms with Crippen molar-refractivity contribution in [2.24, 2.45) is 0 Å². The molecule has 0 aliphatic rings. The Morgan fingerprint density at radius 2 is 2.00 bits per heavy atom. The van der Waals surface area contributed by atoms with E-state index in [2.05, 4.69) is 9.97 Å². The summed E-state index contributed by atoms with van der Waals surface area (Å²) in [5, 5.41) is 0. The number of benzene rings is 1. The second kappa shape index (κ2) is 5.28. The molecule has 2 radical (unpaired) electrons. The van der Waals surface area contributed by atoms with Crippen LogP contribution in [0.4, 0.5) is 4.39 Å². The van der Waals surface area contributed by atoms with Crippen LogP contribution in [0.25, 0.3) is 0 Å². The molecule has 0 fully saturated rings. The summed E-state index contributed by atoms with van der Waals surface area (Å²) in [6, 6.07) is 8.14. The van der Waals surface area contributed by atoms with E-state index in [1.165, 1.54) is 5.56 Å². The molecule has 0 N–H and O–H groups in total. The van der Waals surface area contributed by atoms with Gasteiger partial charge in [-0.1, -0.05) is 0 Å². The number of hydrogen-bond donors (Lipinski definition) is 0. The van der Waals surface area contributed by atoms with E-state index in [1.807, 2.05) is 48.0 Å². The van der Waals surface area contributed by atoms with Gasteiger partial charge in [-0.05, 0) is 0 Å². The quantitative estimate of drug-likeness (QED) is 0.800. The van der Waals surface area contributed by atoms with Gasteiger partial charge in [0.1, 0.15) is 0 Å². The van der Waals surface area contributed by atoms with Gasteiger partial charge in [0.05, 0.1) is 0 Å². The molecule has 2 aromatic rings. The molecule has 0 aliphatic heterocycles. The molecule has 3 nitrogen and oxygen atoms in total. The fourth-order valence-corrected chi connectivity index (χ4v) is 1.54. The van der Waals surface area contributed by atoms with Crippen LogP contribution in [0.2, 0.25) is 0 Å². The maximum atomic E-state index is 12.9. The Hall–Kier alpha value is -1.41. The number of hydrogen-bond acceptors (Lipinski definition) is 3. The number of aromatic nitrogens is 2. The molecule has 0 unspecified atom stereocenters. The maximum absolute atomic E-state index is 12.9. The first-order valence-electron chi connectivity index (χ1n) is 5.05. The first kappa shape index (κ1) is 12.1. The van der Waals surface area contributed by atoms with Gasteiger partial charge in [-0.2, -0.15) is 0 Å². The zero-order valence-corrected chi connectivity index (χ0v) is 11.1. The molecule has 1 aromatic heterocycles. The summed E-state index contributed by atoms with van der Waals surface area (Å²) in [7, 11) is 0. The Balaban J connectivity index is 2.02. The van der Waals surface area contributed by atoms with Gasteiger partial charge in [-0.15, -0.1) is 0 Å². The second-order valence-corrected chi connectivity index (χ2v) is 4.49. The van der Waals surface area contributed by atoms with Crippen LogP contribution in [0.3, 0.4) is 0 Å². The molecule has 0 saturated heterocycles. The minimum absolute atomic E-state index is 0.183. The zero-order valence-electron chi connectivity index (χ0n) is 9.22. The van der Waals surface area contributed by atoms with Gasteiger partial charge < -0.3 is 0 Å². The first-order valence-corrected chi connectivity index (χ1v) is 5.99. The van der Waals surface area contributed by atoms with Crippen molar-refractivity contribution in [3.8, 4) is 6.01 Å². The van der Waals surface area contributed by atoms with Gasteiger partial charge >= 0.3 is 107 Å². The van der Waals surface area contributed by atoms with Crippen molar-refractivity contribution >= 4 is 21.3 Å². The third-order valence-corrected chi connectivity index (χ3v) is 2.85. The average Bonchev–Trinajstić information content (AvgIpc) is 2.33. The van der Waals surface area contributed by atoms with E-state index in [0.717, 1.165) is 11.8 Å². The molecule has 1 heterocycles. The van der Waals surface area contributed by atoms with Crippen molar-refractivity contribution in [1.29, 1.82) is 0 Å². The second-order valence-electron chi connectivity index (χ2n) is 3.60. The molecule has 17 heavy (non-hydrogen) atoms. The van der Waals surface area contributed by atoms with Gasteiger partial charge in [-0.25, -0.2) is 0 Å². The van der Waals surface area contributed by atoms with Crippen molar-refractivity contribution in [1.82, 2.24) is 9.97 Å². The Labute approximate surface area is 108 Å². The first-order chi connectivity index (χ1) is 8.15. The van der Waals surface area contributed by atoms with E-state index in [1.54, 1.807) is 0 Å². The third-order valence-electron chi connectivity index (χ3n) is 2.19. The van der Waals surface area contributed by atoms with Gasteiger partial charge in [-0.3, -0.25) is 0 Å². The third kappa shape index (κ3) is 3.27. The van der Waals surface area contributed by atoms with E-state index in [9.17, 15) is 4.39 Å². The molecule has 0 atom stereocenters. The average molecular weight is 292 g/mol. The number of rotatable bonds is 3. The summed E-state index contributed by atoms with van der Waals surface area (Å²) >= 11 is 2.04. The molecular formula is C12H10AsFN2O. The van der Waals surface area contributed by atoms with Gasteiger partial charge in [0.2, 0.25) is 0 Å².